The third-order valence-electron chi connectivity index (χ3n) is 4.44. The number of H-pyrrole nitrogens is 1. The molecule has 0 unspecified atom stereocenters. The normalized spacial score (nSPS) is 11.1. The Kier molecular flexibility index (Phi) is 4.41. The number of nitrogens with zero attached hydrogens (tertiary/aromatic N) is 3. The van der Waals surface area contributed by atoms with Crippen molar-refractivity contribution in [3.05, 3.63) is 80.7 Å². The third-order valence-corrected chi connectivity index (χ3v) is 4.85. The van der Waals surface area contributed by atoms with Crippen molar-refractivity contribution in [2.45, 2.75) is 20.4 Å². The summed E-state index contributed by atoms with van der Waals surface area (Å²) in [6.45, 7) is 4.37. The second kappa shape index (κ2) is 6.89. The van der Waals surface area contributed by atoms with Crippen LogP contribution in [-0.4, -0.2) is 19.6 Å². The van der Waals surface area contributed by atoms with Gasteiger partial charge in [-0.05, 0) is 31.5 Å². The standard InChI is InChI=1S/C20H18ClN5O/c1-12-6-8-14(9-7-12)19-24-20-23-15(10-18(27)26(20)25-19)11-22-17-5-3-4-16(21)13(17)2/h3-10,22H,11H2,1-2H3,(H,23,24,25). The van der Waals surface area contributed by atoms with Crippen molar-refractivity contribution in [3.8, 4) is 11.4 Å². The summed E-state index contributed by atoms with van der Waals surface area (Å²) < 4.78 is 1.35. The Labute approximate surface area is 160 Å². The van der Waals surface area contributed by atoms with Crippen LogP contribution in [0.4, 0.5) is 5.69 Å². The molecule has 0 aliphatic heterocycles. The Balaban J connectivity index is 1.64. The molecule has 0 spiro atoms. The van der Waals surface area contributed by atoms with Gasteiger partial charge in [0.25, 0.3) is 11.3 Å². The highest BCUT2D eigenvalue weighted by Gasteiger charge is 2.10. The van der Waals surface area contributed by atoms with E-state index in [1.807, 2.05) is 56.3 Å². The van der Waals surface area contributed by atoms with Crippen LogP contribution < -0.4 is 10.9 Å². The zero-order valence-electron chi connectivity index (χ0n) is 15.0. The van der Waals surface area contributed by atoms with Crippen molar-refractivity contribution in [1.82, 2.24) is 19.6 Å². The highest BCUT2D eigenvalue weighted by Crippen LogP contribution is 2.23. The van der Waals surface area contributed by atoms with E-state index in [1.165, 1.54) is 10.6 Å². The van der Waals surface area contributed by atoms with Crippen molar-refractivity contribution < 1.29 is 0 Å². The van der Waals surface area contributed by atoms with E-state index in [0.29, 0.717) is 28.9 Å². The molecule has 0 amide bonds. The molecule has 6 nitrogen and oxygen atoms in total. The van der Waals surface area contributed by atoms with Crippen LogP contribution in [-0.2, 0) is 6.54 Å². The number of rotatable bonds is 4. The number of benzene rings is 2. The fourth-order valence-corrected chi connectivity index (χ4v) is 3.02. The second-order valence-electron chi connectivity index (χ2n) is 6.43. The summed E-state index contributed by atoms with van der Waals surface area (Å²) in [7, 11) is 0. The van der Waals surface area contributed by atoms with Crippen molar-refractivity contribution >= 4 is 23.1 Å². The Morgan fingerprint density at radius 1 is 1.11 bits per heavy atom. The SMILES string of the molecule is Cc1ccc(-c2nc3nc(CNc4cccc(Cl)c4C)cc(=O)n3[nH]2)cc1. The molecule has 2 heterocycles. The van der Waals surface area contributed by atoms with Gasteiger partial charge < -0.3 is 5.32 Å². The number of aromatic amines is 1. The van der Waals surface area contributed by atoms with Gasteiger partial charge in [-0.15, -0.1) is 0 Å². The van der Waals surface area contributed by atoms with Gasteiger partial charge in [-0.3, -0.25) is 9.89 Å². The van der Waals surface area contributed by atoms with Gasteiger partial charge in [0, 0.05) is 22.3 Å². The molecule has 2 aromatic carbocycles. The highest BCUT2D eigenvalue weighted by molar-refractivity contribution is 6.31. The largest absolute Gasteiger partial charge is 0.379 e. The van der Waals surface area contributed by atoms with Gasteiger partial charge >= 0.3 is 0 Å². The molecule has 0 aliphatic carbocycles. The van der Waals surface area contributed by atoms with E-state index in [1.54, 1.807) is 0 Å². The third kappa shape index (κ3) is 3.44. The van der Waals surface area contributed by atoms with E-state index in [4.69, 9.17) is 11.6 Å². The van der Waals surface area contributed by atoms with Gasteiger partial charge in [-0.1, -0.05) is 47.5 Å². The zero-order chi connectivity index (χ0) is 19.0. The lowest BCUT2D eigenvalue weighted by Gasteiger charge is -2.10. The molecule has 2 N–H and O–H groups in total. The summed E-state index contributed by atoms with van der Waals surface area (Å²) in [4.78, 5) is 21.4. The van der Waals surface area contributed by atoms with Gasteiger partial charge in [0.05, 0.1) is 12.2 Å². The van der Waals surface area contributed by atoms with E-state index in [-0.39, 0.29) is 5.56 Å². The Bertz CT molecular complexity index is 1180. The average Bonchev–Trinajstić information content (AvgIpc) is 3.08. The number of aromatic nitrogens is 4. The van der Waals surface area contributed by atoms with Gasteiger partial charge in [-0.2, -0.15) is 9.50 Å². The summed E-state index contributed by atoms with van der Waals surface area (Å²) in [6, 6.07) is 15.1. The Morgan fingerprint density at radius 2 is 1.89 bits per heavy atom. The molecule has 27 heavy (non-hydrogen) atoms. The molecule has 2 aromatic heterocycles. The smallest absolute Gasteiger partial charge is 0.274 e. The first-order valence-corrected chi connectivity index (χ1v) is 8.94. The molecule has 7 heteroatoms. The minimum Gasteiger partial charge on any atom is -0.379 e. The lowest BCUT2D eigenvalue weighted by Crippen LogP contribution is -2.17. The van der Waals surface area contributed by atoms with Crippen LogP contribution in [0.25, 0.3) is 17.2 Å². The number of hydrogen-bond acceptors (Lipinski definition) is 4. The molecule has 4 rings (SSSR count). The van der Waals surface area contributed by atoms with Gasteiger partial charge in [0.2, 0.25) is 0 Å². The molecule has 0 radical (unpaired) electrons. The molecule has 0 saturated carbocycles. The number of anilines is 1. The number of halogens is 1. The quantitative estimate of drug-likeness (QED) is 0.562. The zero-order valence-corrected chi connectivity index (χ0v) is 15.7. The summed E-state index contributed by atoms with van der Waals surface area (Å²) in [5.41, 5.74) is 4.34. The van der Waals surface area contributed by atoms with E-state index >= 15 is 0 Å². The summed E-state index contributed by atoms with van der Waals surface area (Å²) in [6.07, 6.45) is 0. The van der Waals surface area contributed by atoms with Crippen LogP contribution in [0, 0.1) is 13.8 Å². The van der Waals surface area contributed by atoms with Crippen LogP contribution in [0.15, 0.2) is 53.3 Å². The molecule has 136 valence electrons. The van der Waals surface area contributed by atoms with Crippen LogP contribution in [0.5, 0.6) is 0 Å². The van der Waals surface area contributed by atoms with Crippen molar-refractivity contribution in [2.24, 2.45) is 0 Å². The fourth-order valence-electron chi connectivity index (χ4n) is 2.84. The minimum atomic E-state index is -0.203. The molecule has 0 fully saturated rings. The van der Waals surface area contributed by atoms with E-state index in [0.717, 1.165) is 22.4 Å². The average molecular weight is 380 g/mol. The summed E-state index contributed by atoms with van der Waals surface area (Å²) >= 11 is 6.15. The van der Waals surface area contributed by atoms with E-state index in [9.17, 15) is 4.79 Å². The fraction of sp³-hybridized carbons (Fsp3) is 0.150. The summed E-state index contributed by atoms with van der Waals surface area (Å²) in [5.74, 6) is 0.952. The topological polar surface area (TPSA) is 75.1 Å². The first-order chi connectivity index (χ1) is 13.0. The van der Waals surface area contributed by atoms with Crippen LogP contribution in [0.1, 0.15) is 16.8 Å². The lowest BCUT2D eigenvalue weighted by molar-refractivity contribution is 0.878. The van der Waals surface area contributed by atoms with Gasteiger partial charge in [0.1, 0.15) is 0 Å². The van der Waals surface area contributed by atoms with Gasteiger partial charge in [0.15, 0.2) is 5.82 Å². The van der Waals surface area contributed by atoms with E-state index < -0.39 is 0 Å². The maximum absolute atomic E-state index is 12.4. The molecule has 4 aromatic rings. The first kappa shape index (κ1) is 17.3. The second-order valence-corrected chi connectivity index (χ2v) is 6.83. The van der Waals surface area contributed by atoms with E-state index in [2.05, 4.69) is 20.4 Å². The van der Waals surface area contributed by atoms with Crippen molar-refractivity contribution in [1.29, 1.82) is 0 Å². The predicted octanol–water partition coefficient (Wildman–Crippen LogP) is 3.97. The first-order valence-electron chi connectivity index (χ1n) is 8.56. The molecule has 0 atom stereocenters. The molecular formula is C20H18ClN5O. The minimum absolute atomic E-state index is 0.203. The van der Waals surface area contributed by atoms with Crippen LogP contribution in [0.3, 0.4) is 0 Å². The van der Waals surface area contributed by atoms with Crippen LogP contribution in [0.2, 0.25) is 5.02 Å². The molecule has 0 aliphatic rings. The molecular weight excluding hydrogens is 362 g/mol. The maximum atomic E-state index is 12.4. The number of fused-ring (bicyclic) bond motifs is 1. The van der Waals surface area contributed by atoms with Crippen LogP contribution >= 0.6 is 11.6 Å². The number of nitrogens with one attached hydrogen (secondary N) is 2. The molecule has 0 saturated heterocycles. The number of hydrogen-bond donors (Lipinski definition) is 2. The molecule has 0 bridgehead atoms. The lowest BCUT2D eigenvalue weighted by atomic mass is 10.1. The summed E-state index contributed by atoms with van der Waals surface area (Å²) in [5, 5.41) is 6.98. The number of aryl methyl sites for hydroxylation is 1. The Morgan fingerprint density at radius 3 is 2.67 bits per heavy atom. The van der Waals surface area contributed by atoms with Gasteiger partial charge in [-0.25, -0.2) is 4.98 Å². The highest BCUT2D eigenvalue weighted by atomic mass is 35.5. The van der Waals surface area contributed by atoms with Crippen molar-refractivity contribution in [3.63, 3.8) is 0 Å². The Hall–Kier alpha value is -3.12. The predicted molar refractivity (Wildman–Crippen MR) is 107 cm³/mol. The monoisotopic (exact) mass is 379 g/mol. The maximum Gasteiger partial charge on any atom is 0.274 e. The van der Waals surface area contributed by atoms with Crippen molar-refractivity contribution in [2.75, 3.05) is 5.32 Å².